The summed E-state index contributed by atoms with van der Waals surface area (Å²) in [5.41, 5.74) is -0.296. The average molecular weight is 179 g/mol. The highest BCUT2D eigenvalue weighted by Crippen LogP contribution is 2.64. The van der Waals surface area contributed by atoms with E-state index < -0.39 is 0 Å². The van der Waals surface area contributed by atoms with Gasteiger partial charge in [-0.05, 0) is 20.3 Å². The van der Waals surface area contributed by atoms with E-state index in [1.165, 1.54) is 0 Å². The average Bonchev–Trinajstić information content (AvgIpc) is 1.99. The SMILES string of the molecule is CC1(C)O[C@@H]2C[C@@]3(C#N)C[C@@H](O2)[C@@H]13. The molecule has 4 bridgehead atoms. The minimum absolute atomic E-state index is 0.126. The third kappa shape index (κ3) is 0.722. The molecule has 5 fully saturated rings. The summed E-state index contributed by atoms with van der Waals surface area (Å²) in [4.78, 5) is 0. The third-order valence-electron chi connectivity index (χ3n) is 3.80. The van der Waals surface area contributed by atoms with Gasteiger partial charge in [-0.1, -0.05) is 0 Å². The van der Waals surface area contributed by atoms with Crippen molar-refractivity contribution < 1.29 is 9.47 Å². The number of fused-ring (bicyclic) bond motifs is 1. The first kappa shape index (κ1) is 7.78. The highest BCUT2D eigenvalue weighted by Gasteiger charge is 2.69. The van der Waals surface area contributed by atoms with Crippen molar-refractivity contribution in [1.29, 1.82) is 5.26 Å². The van der Waals surface area contributed by atoms with Crippen LogP contribution in [0.4, 0.5) is 0 Å². The van der Waals surface area contributed by atoms with Crippen LogP contribution in [0.2, 0.25) is 0 Å². The summed E-state index contributed by atoms with van der Waals surface area (Å²) in [5, 5.41) is 9.18. The van der Waals surface area contributed by atoms with E-state index in [4.69, 9.17) is 9.47 Å². The molecule has 4 atom stereocenters. The summed E-state index contributed by atoms with van der Waals surface area (Å²) < 4.78 is 11.4. The molecule has 4 saturated heterocycles. The zero-order valence-electron chi connectivity index (χ0n) is 7.91. The van der Waals surface area contributed by atoms with Crippen molar-refractivity contribution in [3.8, 4) is 6.07 Å². The van der Waals surface area contributed by atoms with Gasteiger partial charge in [0.1, 0.15) is 0 Å². The number of hydrogen-bond donors (Lipinski definition) is 0. The Morgan fingerprint density at radius 1 is 1.38 bits per heavy atom. The fraction of sp³-hybridized carbons (Fsp3) is 0.900. The van der Waals surface area contributed by atoms with Crippen LogP contribution in [0.3, 0.4) is 0 Å². The van der Waals surface area contributed by atoms with Crippen molar-refractivity contribution in [2.24, 2.45) is 11.3 Å². The molecule has 5 rings (SSSR count). The minimum Gasteiger partial charge on any atom is -0.349 e. The third-order valence-corrected chi connectivity index (χ3v) is 3.80. The van der Waals surface area contributed by atoms with Crippen LogP contribution in [-0.4, -0.2) is 18.0 Å². The molecule has 70 valence electrons. The van der Waals surface area contributed by atoms with Gasteiger partial charge in [-0.3, -0.25) is 0 Å². The molecule has 0 amide bonds. The molecule has 0 aromatic carbocycles. The lowest BCUT2D eigenvalue weighted by atomic mass is 9.49. The molecule has 13 heavy (non-hydrogen) atoms. The van der Waals surface area contributed by atoms with Gasteiger partial charge in [-0.25, -0.2) is 0 Å². The molecule has 4 aliphatic heterocycles. The van der Waals surface area contributed by atoms with Crippen molar-refractivity contribution in [1.82, 2.24) is 0 Å². The molecule has 0 spiro atoms. The Balaban J connectivity index is 2.04. The zero-order valence-corrected chi connectivity index (χ0v) is 7.91. The predicted molar refractivity (Wildman–Crippen MR) is 44.6 cm³/mol. The normalized spacial score (nSPS) is 55.3. The first-order valence-electron chi connectivity index (χ1n) is 4.82. The number of hydrogen-bond acceptors (Lipinski definition) is 3. The van der Waals surface area contributed by atoms with Crippen molar-refractivity contribution in [3.63, 3.8) is 0 Å². The van der Waals surface area contributed by atoms with Crippen molar-refractivity contribution in [3.05, 3.63) is 0 Å². The van der Waals surface area contributed by atoms with Gasteiger partial charge in [0, 0.05) is 12.3 Å². The van der Waals surface area contributed by atoms with E-state index in [0.717, 1.165) is 12.8 Å². The molecule has 0 aromatic heterocycles. The van der Waals surface area contributed by atoms with Crippen LogP contribution in [0.15, 0.2) is 0 Å². The van der Waals surface area contributed by atoms with Crippen LogP contribution in [0.25, 0.3) is 0 Å². The number of ether oxygens (including phenoxy) is 2. The Kier molecular flexibility index (Phi) is 1.15. The summed E-state index contributed by atoms with van der Waals surface area (Å²) in [6.45, 7) is 4.15. The maximum absolute atomic E-state index is 9.18. The predicted octanol–water partition coefficient (Wildman–Crippen LogP) is 1.44. The summed E-state index contributed by atoms with van der Waals surface area (Å²) >= 11 is 0. The molecule has 4 heterocycles. The molecule has 0 radical (unpaired) electrons. The number of nitriles is 1. The van der Waals surface area contributed by atoms with Crippen molar-refractivity contribution in [2.75, 3.05) is 0 Å². The van der Waals surface area contributed by atoms with Crippen LogP contribution >= 0.6 is 0 Å². The first-order valence-corrected chi connectivity index (χ1v) is 4.82. The van der Waals surface area contributed by atoms with Gasteiger partial charge in [0.2, 0.25) is 0 Å². The summed E-state index contributed by atoms with van der Waals surface area (Å²) in [6.07, 6.45) is 1.84. The maximum atomic E-state index is 9.18. The van der Waals surface area contributed by atoms with Crippen LogP contribution in [-0.2, 0) is 9.47 Å². The quantitative estimate of drug-likeness (QED) is 0.565. The summed E-state index contributed by atoms with van der Waals surface area (Å²) in [7, 11) is 0. The Labute approximate surface area is 77.6 Å². The molecule has 1 aliphatic carbocycles. The van der Waals surface area contributed by atoms with E-state index in [1.807, 2.05) is 0 Å². The van der Waals surface area contributed by atoms with Crippen LogP contribution < -0.4 is 0 Å². The van der Waals surface area contributed by atoms with Gasteiger partial charge < -0.3 is 9.47 Å². The molecule has 0 aromatic rings. The van der Waals surface area contributed by atoms with Crippen LogP contribution in [0.5, 0.6) is 0 Å². The standard InChI is InChI=1S/C10H13NO2/c1-9(2)8-6-3-10(8,5-11)4-7(12-6)13-9/h6-8H,3-4H2,1-2H3/t6-,7-,8+,10-/m1/s1. The van der Waals surface area contributed by atoms with E-state index in [2.05, 4.69) is 19.9 Å². The molecule has 0 N–H and O–H groups in total. The Hall–Kier alpha value is -0.590. The fourth-order valence-corrected chi connectivity index (χ4v) is 3.43. The maximum Gasteiger partial charge on any atom is 0.160 e. The van der Waals surface area contributed by atoms with Gasteiger partial charge in [-0.2, -0.15) is 5.26 Å². The monoisotopic (exact) mass is 179 g/mol. The van der Waals surface area contributed by atoms with E-state index in [9.17, 15) is 5.26 Å². The van der Waals surface area contributed by atoms with Gasteiger partial charge >= 0.3 is 0 Å². The highest BCUT2D eigenvalue weighted by molar-refractivity contribution is 5.22. The van der Waals surface area contributed by atoms with E-state index >= 15 is 0 Å². The second-order valence-electron chi connectivity index (χ2n) is 4.98. The molecule has 3 nitrogen and oxygen atoms in total. The lowest BCUT2D eigenvalue weighted by Crippen LogP contribution is -2.72. The van der Waals surface area contributed by atoms with Crippen LogP contribution in [0, 0.1) is 22.7 Å². The van der Waals surface area contributed by atoms with Crippen molar-refractivity contribution in [2.45, 2.75) is 44.7 Å². The van der Waals surface area contributed by atoms with Crippen LogP contribution in [0.1, 0.15) is 26.7 Å². The lowest BCUT2D eigenvalue weighted by molar-refractivity contribution is -0.405. The first-order chi connectivity index (χ1) is 6.07. The highest BCUT2D eigenvalue weighted by atomic mass is 16.7. The van der Waals surface area contributed by atoms with Crippen molar-refractivity contribution >= 4 is 0 Å². The summed E-state index contributed by atoms with van der Waals surface area (Å²) in [5.74, 6) is 0.287. The van der Waals surface area contributed by atoms with Gasteiger partial charge in [0.25, 0.3) is 0 Å². The van der Waals surface area contributed by atoms with Gasteiger partial charge in [0.05, 0.1) is 23.2 Å². The topological polar surface area (TPSA) is 42.2 Å². The van der Waals surface area contributed by atoms with E-state index in [-0.39, 0.29) is 29.3 Å². The minimum atomic E-state index is -0.167. The molecule has 1 saturated carbocycles. The second kappa shape index (κ2) is 1.92. The zero-order chi connectivity index (χ0) is 9.27. The number of rotatable bonds is 0. The Morgan fingerprint density at radius 3 is 2.62 bits per heavy atom. The molecule has 3 heteroatoms. The summed E-state index contributed by atoms with van der Waals surface area (Å²) in [6, 6.07) is 2.47. The lowest BCUT2D eigenvalue weighted by Gasteiger charge is -2.66. The Bertz CT molecular complexity index is 307. The molecular formula is C10H13NO2. The van der Waals surface area contributed by atoms with E-state index in [1.54, 1.807) is 0 Å². The van der Waals surface area contributed by atoms with E-state index in [0.29, 0.717) is 0 Å². The largest absolute Gasteiger partial charge is 0.349 e. The fourth-order valence-electron chi connectivity index (χ4n) is 3.43. The molecular weight excluding hydrogens is 166 g/mol. The van der Waals surface area contributed by atoms with Gasteiger partial charge in [0.15, 0.2) is 6.29 Å². The second-order valence-corrected chi connectivity index (χ2v) is 4.98. The molecule has 0 unspecified atom stereocenters. The van der Waals surface area contributed by atoms with Gasteiger partial charge in [-0.15, -0.1) is 0 Å². The molecule has 5 aliphatic rings. The smallest absolute Gasteiger partial charge is 0.160 e. The Morgan fingerprint density at radius 2 is 2.15 bits per heavy atom. The number of nitrogens with zero attached hydrogens (tertiary/aromatic N) is 1.